The maximum atomic E-state index is 13.6. The number of urea groups is 1. The summed E-state index contributed by atoms with van der Waals surface area (Å²) in [6, 6.07) is 4.61. The van der Waals surface area contributed by atoms with Crippen molar-refractivity contribution >= 4 is 50.8 Å². The van der Waals surface area contributed by atoms with Gasteiger partial charge in [0.2, 0.25) is 0 Å². The number of carbonyl (C=O) groups excluding carboxylic acids is 2. The molecule has 0 fully saturated rings. The Balaban J connectivity index is 1.84. The number of amides is 3. The molecule has 3 rings (SSSR count). The zero-order valence-electron chi connectivity index (χ0n) is 16.4. The van der Waals surface area contributed by atoms with Gasteiger partial charge in [0.1, 0.15) is 11.1 Å². The van der Waals surface area contributed by atoms with Crippen molar-refractivity contribution in [1.29, 1.82) is 0 Å². The molecule has 0 radical (unpaired) electrons. The molecule has 1 heterocycles. The molecule has 0 saturated heterocycles. The number of nitro benzene ring substituents is 1. The summed E-state index contributed by atoms with van der Waals surface area (Å²) in [4.78, 5) is 42.0. The van der Waals surface area contributed by atoms with E-state index in [0.29, 0.717) is 10.5 Å². The number of hydrogen-bond acceptors (Lipinski definition) is 7. The van der Waals surface area contributed by atoms with Gasteiger partial charge in [0.15, 0.2) is 5.75 Å². The maximum absolute atomic E-state index is 13.6. The Labute approximate surface area is 201 Å². The van der Waals surface area contributed by atoms with E-state index in [0.717, 1.165) is 18.2 Å². The number of aromatic nitrogens is 2. The molecule has 0 bridgehead atoms. The zero-order valence-corrected chi connectivity index (χ0v) is 18.7. The van der Waals surface area contributed by atoms with E-state index in [-0.39, 0.29) is 0 Å². The number of halogens is 5. The van der Waals surface area contributed by atoms with Crippen molar-refractivity contribution in [2.24, 2.45) is 0 Å². The Morgan fingerprint density at radius 2 is 1.79 bits per heavy atom. The molecule has 2 N–H and O–H groups in total. The molecule has 34 heavy (non-hydrogen) atoms. The Kier molecular flexibility index (Phi) is 7.32. The summed E-state index contributed by atoms with van der Waals surface area (Å²) < 4.78 is 46.5. The fourth-order valence-electron chi connectivity index (χ4n) is 2.58. The molecule has 0 saturated carbocycles. The topological polar surface area (TPSA) is 136 Å². The number of benzene rings is 2. The first kappa shape index (κ1) is 24.9. The first-order valence-electron chi connectivity index (χ1n) is 8.87. The minimum absolute atomic E-state index is 0.413. The average molecular weight is 561 g/mol. The van der Waals surface area contributed by atoms with Crippen LogP contribution in [0.15, 0.2) is 53.3 Å². The van der Waals surface area contributed by atoms with Crippen molar-refractivity contribution in [2.45, 2.75) is 6.18 Å². The van der Waals surface area contributed by atoms with Gasteiger partial charge in [0, 0.05) is 24.1 Å². The van der Waals surface area contributed by atoms with Gasteiger partial charge >= 0.3 is 18.2 Å². The minimum atomic E-state index is -4.96. The zero-order chi connectivity index (χ0) is 25.0. The number of carbonyl (C=O) groups is 2. The number of para-hydroxylation sites is 1. The third-order valence-electron chi connectivity index (χ3n) is 3.97. The van der Waals surface area contributed by atoms with E-state index in [9.17, 15) is 32.9 Å². The molecule has 176 valence electrons. The van der Waals surface area contributed by atoms with Crippen LogP contribution < -0.4 is 15.4 Å². The van der Waals surface area contributed by atoms with Gasteiger partial charge in [-0.05, 0) is 34.1 Å². The van der Waals surface area contributed by atoms with E-state index in [1.54, 1.807) is 5.32 Å². The van der Waals surface area contributed by atoms with Gasteiger partial charge in [-0.15, -0.1) is 0 Å². The smallest absolute Gasteiger partial charge is 0.420 e. The van der Waals surface area contributed by atoms with Gasteiger partial charge in [-0.3, -0.25) is 20.2 Å². The molecule has 0 aliphatic rings. The third-order valence-corrected chi connectivity index (χ3v) is 4.66. The van der Waals surface area contributed by atoms with Crippen LogP contribution in [0.25, 0.3) is 0 Å². The van der Waals surface area contributed by atoms with Gasteiger partial charge in [-0.1, -0.05) is 23.7 Å². The number of nitro groups is 1. The van der Waals surface area contributed by atoms with Crippen LogP contribution in [0.3, 0.4) is 0 Å². The fraction of sp³-hybridized carbons (Fsp3) is 0.0526. The summed E-state index contributed by atoms with van der Waals surface area (Å²) in [5.41, 5.74) is -2.78. The second kappa shape index (κ2) is 10.0. The predicted molar refractivity (Wildman–Crippen MR) is 116 cm³/mol. The summed E-state index contributed by atoms with van der Waals surface area (Å²) in [7, 11) is 0. The molecule has 0 spiro atoms. The number of rotatable bonds is 5. The number of imide groups is 1. The SMILES string of the molecule is O=C(NC(=O)c1ccccc1[N+](=O)[O-])Nc1cc(Cl)c(Oc2ncc(Br)cn2)c(C(F)(F)F)c1. The van der Waals surface area contributed by atoms with Crippen LogP contribution in [0, 0.1) is 10.1 Å². The summed E-state index contributed by atoms with van der Waals surface area (Å²) in [5, 5.41) is 14.3. The summed E-state index contributed by atoms with van der Waals surface area (Å²) >= 11 is 9.04. The number of nitrogens with one attached hydrogen (secondary N) is 2. The van der Waals surface area contributed by atoms with Crippen LogP contribution in [0.5, 0.6) is 11.8 Å². The quantitative estimate of drug-likeness (QED) is 0.307. The molecule has 0 aliphatic heterocycles. The molecule has 0 atom stereocenters. The number of hydrogen-bond donors (Lipinski definition) is 2. The summed E-state index contributed by atoms with van der Waals surface area (Å²) in [6.07, 6.45) is -2.46. The molecule has 3 amide bonds. The average Bonchev–Trinajstić information content (AvgIpc) is 2.76. The molecule has 0 unspecified atom stereocenters. The number of anilines is 1. The van der Waals surface area contributed by atoms with Crippen LogP contribution in [0.4, 0.5) is 29.3 Å². The standard InChI is InChI=1S/C19H10BrClF3N5O5/c20-9-7-25-18(26-8-9)34-15-12(19(22,23)24)5-10(6-13(15)21)27-17(31)28-16(30)11-3-1-2-4-14(11)29(32)33/h1-8H,(H2,27,28,30,31). The third kappa shape index (κ3) is 5.96. The van der Waals surface area contributed by atoms with Gasteiger partial charge < -0.3 is 10.1 Å². The Morgan fingerprint density at radius 3 is 2.41 bits per heavy atom. The second-order valence-electron chi connectivity index (χ2n) is 6.30. The highest BCUT2D eigenvalue weighted by Crippen LogP contribution is 2.43. The highest BCUT2D eigenvalue weighted by molar-refractivity contribution is 9.10. The van der Waals surface area contributed by atoms with Crippen molar-refractivity contribution in [1.82, 2.24) is 15.3 Å². The Bertz CT molecular complexity index is 1270. The van der Waals surface area contributed by atoms with E-state index < -0.39 is 62.3 Å². The minimum Gasteiger partial charge on any atom is -0.422 e. The number of ether oxygens (including phenoxy) is 1. The maximum Gasteiger partial charge on any atom is 0.420 e. The lowest BCUT2D eigenvalue weighted by molar-refractivity contribution is -0.385. The molecule has 10 nitrogen and oxygen atoms in total. The first-order valence-corrected chi connectivity index (χ1v) is 10.0. The molecule has 15 heteroatoms. The van der Waals surface area contributed by atoms with Crippen molar-refractivity contribution in [3.05, 3.63) is 79.5 Å². The lowest BCUT2D eigenvalue weighted by Gasteiger charge is -2.16. The number of nitrogens with zero attached hydrogens (tertiary/aromatic N) is 3. The van der Waals surface area contributed by atoms with Crippen LogP contribution in [0.1, 0.15) is 15.9 Å². The van der Waals surface area contributed by atoms with Crippen LogP contribution >= 0.6 is 27.5 Å². The van der Waals surface area contributed by atoms with E-state index in [2.05, 4.69) is 25.9 Å². The molecule has 0 aliphatic carbocycles. The highest BCUT2D eigenvalue weighted by Gasteiger charge is 2.37. The monoisotopic (exact) mass is 559 g/mol. The molecular weight excluding hydrogens is 551 g/mol. The molecule has 2 aromatic carbocycles. The van der Waals surface area contributed by atoms with Crippen molar-refractivity contribution in [2.75, 3.05) is 5.32 Å². The largest absolute Gasteiger partial charge is 0.422 e. The van der Waals surface area contributed by atoms with Crippen molar-refractivity contribution in [3.8, 4) is 11.8 Å². The van der Waals surface area contributed by atoms with Crippen LogP contribution in [0.2, 0.25) is 5.02 Å². The van der Waals surface area contributed by atoms with Gasteiger partial charge in [0.05, 0.1) is 14.4 Å². The van der Waals surface area contributed by atoms with E-state index in [1.807, 2.05) is 5.32 Å². The Morgan fingerprint density at radius 1 is 1.15 bits per heavy atom. The van der Waals surface area contributed by atoms with Gasteiger partial charge in [0.25, 0.3) is 11.6 Å². The van der Waals surface area contributed by atoms with Crippen molar-refractivity contribution in [3.63, 3.8) is 0 Å². The lowest BCUT2D eigenvalue weighted by atomic mass is 10.1. The van der Waals surface area contributed by atoms with E-state index in [1.165, 1.54) is 24.5 Å². The van der Waals surface area contributed by atoms with E-state index in [4.69, 9.17) is 16.3 Å². The molecular formula is C19H10BrClF3N5O5. The van der Waals surface area contributed by atoms with Crippen molar-refractivity contribution < 1.29 is 32.4 Å². The predicted octanol–water partition coefficient (Wildman–Crippen LogP) is 5.57. The highest BCUT2D eigenvalue weighted by atomic mass is 79.9. The van der Waals surface area contributed by atoms with Gasteiger partial charge in [-0.2, -0.15) is 13.2 Å². The van der Waals surface area contributed by atoms with Crippen LogP contribution in [-0.4, -0.2) is 26.8 Å². The molecule has 3 aromatic rings. The number of alkyl halides is 3. The first-order chi connectivity index (χ1) is 16.0. The lowest BCUT2D eigenvalue weighted by Crippen LogP contribution is -2.34. The van der Waals surface area contributed by atoms with Crippen LogP contribution in [-0.2, 0) is 6.18 Å². The fourth-order valence-corrected chi connectivity index (χ4v) is 3.04. The second-order valence-corrected chi connectivity index (χ2v) is 7.62. The van der Waals surface area contributed by atoms with Gasteiger partial charge in [-0.25, -0.2) is 14.8 Å². The normalized spacial score (nSPS) is 11.0. The summed E-state index contributed by atoms with van der Waals surface area (Å²) in [6.45, 7) is 0. The van der Waals surface area contributed by atoms with E-state index >= 15 is 0 Å². The Hall–Kier alpha value is -3.78. The summed E-state index contributed by atoms with van der Waals surface area (Å²) in [5.74, 6) is -1.95. The molecule has 1 aromatic heterocycles.